The van der Waals surface area contributed by atoms with E-state index in [1.54, 1.807) is 6.20 Å². The summed E-state index contributed by atoms with van der Waals surface area (Å²) in [7, 11) is 0. The number of fused-ring (bicyclic) bond motifs is 1. The molecule has 2 aromatic rings. The van der Waals surface area contributed by atoms with Crippen LogP contribution in [0, 0.1) is 12.8 Å². The van der Waals surface area contributed by atoms with Gasteiger partial charge in [0.05, 0.1) is 11.4 Å². The number of aromatic nitrogens is 4. The van der Waals surface area contributed by atoms with Crippen molar-refractivity contribution < 1.29 is 0 Å². The Kier molecular flexibility index (Phi) is 8.13. The van der Waals surface area contributed by atoms with E-state index in [0.717, 1.165) is 53.0 Å². The molecule has 2 aliphatic carbocycles. The Balaban J connectivity index is 1.13. The van der Waals surface area contributed by atoms with Crippen molar-refractivity contribution in [2.75, 3.05) is 31.5 Å². The maximum Gasteiger partial charge on any atom is 0.293 e. The lowest BCUT2D eigenvalue weighted by Crippen LogP contribution is -2.41. The van der Waals surface area contributed by atoms with Crippen LogP contribution in [0.4, 0.5) is 5.82 Å². The first-order chi connectivity index (χ1) is 17.5. The summed E-state index contributed by atoms with van der Waals surface area (Å²) >= 11 is 6.32. The van der Waals surface area contributed by atoms with Crippen molar-refractivity contribution in [3.05, 3.63) is 44.2 Å². The molecule has 1 saturated carbocycles. The number of allylic oxidation sites excluding steroid dienone is 1. The van der Waals surface area contributed by atoms with Gasteiger partial charge in [-0.25, -0.2) is 4.98 Å². The molecule has 2 unspecified atom stereocenters. The SMILES string of the molecule is Cc1cnc(NCCC2CCCCN2CC2CC2)c(=O)n1CCNCc1[nH]nc2c1C=C(Cl)CC2C. The van der Waals surface area contributed by atoms with Crippen LogP contribution in [0.1, 0.15) is 80.4 Å². The second kappa shape index (κ2) is 11.5. The van der Waals surface area contributed by atoms with Crippen LogP contribution >= 0.6 is 11.6 Å². The summed E-state index contributed by atoms with van der Waals surface area (Å²) in [4.78, 5) is 20.2. The summed E-state index contributed by atoms with van der Waals surface area (Å²) in [6.45, 7) is 9.27. The topological polar surface area (TPSA) is 90.9 Å². The van der Waals surface area contributed by atoms with Crippen LogP contribution in [0.5, 0.6) is 0 Å². The van der Waals surface area contributed by atoms with E-state index < -0.39 is 0 Å². The largest absolute Gasteiger partial charge is 0.365 e. The number of piperidine rings is 1. The molecule has 8 nitrogen and oxygen atoms in total. The summed E-state index contributed by atoms with van der Waals surface area (Å²) in [6, 6.07) is 0.629. The Morgan fingerprint density at radius 2 is 2.08 bits per heavy atom. The molecular weight excluding hydrogens is 474 g/mol. The maximum absolute atomic E-state index is 13.1. The summed E-state index contributed by atoms with van der Waals surface area (Å²) < 4.78 is 1.81. The molecule has 1 saturated heterocycles. The number of H-pyrrole nitrogens is 1. The molecule has 3 heterocycles. The van der Waals surface area contributed by atoms with Gasteiger partial charge in [0.1, 0.15) is 0 Å². The lowest BCUT2D eigenvalue weighted by molar-refractivity contribution is 0.137. The smallest absolute Gasteiger partial charge is 0.293 e. The van der Waals surface area contributed by atoms with Crippen molar-refractivity contribution in [2.24, 2.45) is 5.92 Å². The van der Waals surface area contributed by atoms with Gasteiger partial charge < -0.3 is 20.1 Å². The molecule has 196 valence electrons. The molecule has 0 aromatic carbocycles. The van der Waals surface area contributed by atoms with Gasteiger partial charge >= 0.3 is 0 Å². The molecule has 2 atom stereocenters. The van der Waals surface area contributed by atoms with Crippen LogP contribution in [0.15, 0.2) is 16.0 Å². The Hall–Kier alpha value is -2.16. The molecule has 5 rings (SSSR count). The zero-order chi connectivity index (χ0) is 25.1. The molecule has 2 aromatic heterocycles. The average Bonchev–Trinajstić information content (AvgIpc) is 3.58. The number of rotatable bonds is 11. The first-order valence-electron chi connectivity index (χ1n) is 13.7. The van der Waals surface area contributed by atoms with E-state index in [9.17, 15) is 4.79 Å². The lowest BCUT2D eigenvalue weighted by Gasteiger charge is -2.36. The fraction of sp³-hybridized carbons (Fsp3) is 0.667. The normalized spacial score (nSPS) is 22.4. The minimum atomic E-state index is -0.0438. The Morgan fingerprint density at radius 1 is 1.22 bits per heavy atom. The Morgan fingerprint density at radius 3 is 2.92 bits per heavy atom. The average molecular weight is 514 g/mol. The third-order valence-corrected chi connectivity index (χ3v) is 8.22. The van der Waals surface area contributed by atoms with Crippen LogP contribution in [0.2, 0.25) is 0 Å². The van der Waals surface area contributed by atoms with Crippen molar-refractivity contribution in [2.45, 2.75) is 83.8 Å². The van der Waals surface area contributed by atoms with Crippen LogP contribution in [-0.2, 0) is 13.1 Å². The monoisotopic (exact) mass is 513 g/mol. The number of hydrogen-bond acceptors (Lipinski definition) is 6. The lowest BCUT2D eigenvalue weighted by atomic mass is 9.93. The summed E-state index contributed by atoms with van der Waals surface area (Å²) in [5, 5.41) is 15.3. The number of nitrogens with one attached hydrogen (secondary N) is 3. The van der Waals surface area contributed by atoms with E-state index in [2.05, 4.69) is 37.6 Å². The van der Waals surface area contributed by atoms with E-state index >= 15 is 0 Å². The third kappa shape index (κ3) is 6.03. The second-order valence-corrected chi connectivity index (χ2v) is 11.4. The van der Waals surface area contributed by atoms with Gasteiger partial charge in [-0.15, -0.1) is 0 Å². The standard InChI is InChI=1S/C27H40ClN7O/c1-18-13-21(28)14-23-24(32-33-25(18)23)16-29-10-12-35-19(2)15-31-26(27(35)36)30-9-8-22-5-3-4-11-34(22)17-20-6-7-20/h14-15,18,20,22,29H,3-13,16-17H2,1-2H3,(H,30,31)(H,32,33). The number of anilines is 1. The summed E-state index contributed by atoms with van der Waals surface area (Å²) in [6.07, 6.45) is 12.4. The highest BCUT2D eigenvalue weighted by atomic mass is 35.5. The molecule has 0 amide bonds. The number of nitrogens with zero attached hydrogens (tertiary/aromatic N) is 4. The third-order valence-electron chi connectivity index (χ3n) is 7.96. The van der Waals surface area contributed by atoms with Crippen LogP contribution < -0.4 is 16.2 Å². The molecule has 3 aliphatic rings. The molecule has 0 bridgehead atoms. The van der Waals surface area contributed by atoms with Gasteiger partial charge in [-0.3, -0.25) is 9.89 Å². The van der Waals surface area contributed by atoms with Gasteiger partial charge in [-0.2, -0.15) is 5.10 Å². The minimum Gasteiger partial charge on any atom is -0.365 e. The summed E-state index contributed by atoms with van der Waals surface area (Å²) in [5.74, 6) is 1.71. The fourth-order valence-corrected chi connectivity index (χ4v) is 6.01. The number of halogens is 1. The van der Waals surface area contributed by atoms with Crippen molar-refractivity contribution in [3.63, 3.8) is 0 Å². The molecule has 1 aliphatic heterocycles. The number of likely N-dealkylation sites (tertiary alicyclic amines) is 1. The van der Waals surface area contributed by atoms with Gasteiger partial charge in [0.15, 0.2) is 5.82 Å². The zero-order valence-corrected chi connectivity index (χ0v) is 22.4. The van der Waals surface area contributed by atoms with E-state index in [1.807, 2.05) is 17.6 Å². The van der Waals surface area contributed by atoms with E-state index in [-0.39, 0.29) is 5.56 Å². The van der Waals surface area contributed by atoms with Gasteiger partial charge in [-0.05, 0) is 64.0 Å². The highest BCUT2D eigenvalue weighted by Gasteiger charge is 2.29. The molecule has 0 radical (unpaired) electrons. The Bertz CT molecular complexity index is 1140. The van der Waals surface area contributed by atoms with Crippen molar-refractivity contribution in [1.29, 1.82) is 0 Å². The number of aryl methyl sites for hydroxylation is 1. The van der Waals surface area contributed by atoms with Gasteiger partial charge in [0, 0.05) is 67.2 Å². The predicted molar refractivity (Wildman–Crippen MR) is 145 cm³/mol. The van der Waals surface area contributed by atoms with Crippen molar-refractivity contribution in [3.8, 4) is 0 Å². The first-order valence-corrected chi connectivity index (χ1v) is 14.1. The highest BCUT2D eigenvalue weighted by Crippen LogP contribution is 2.35. The Labute approximate surface area is 218 Å². The fourth-order valence-electron chi connectivity index (χ4n) is 5.67. The van der Waals surface area contributed by atoms with E-state index in [4.69, 9.17) is 11.6 Å². The van der Waals surface area contributed by atoms with Gasteiger partial charge in [0.25, 0.3) is 5.56 Å². The molecule has 9 heteroatoms. The van der Waals surface area contributed by atoms with E-state index in [0.29, 0.717) is 37.4 Å². The van der Waals surface area contributed by atoms with Gasteiger partial charge in [-0.1, -0.05) is 24.9 Å². The van der Waals surface area contributed by atoms with Crippen LogP contribution in [-0.4, -0.2) is 56.9 Å². The van der Waals surface area contributed by atoms with Crippen LogP contribution in [0.3, 0.4) is 0 Å². The molecule has 0 spiro atoms. The predicted octanol–water partition coefficient (Wildman–Crippen LogP) is 4.22. The van der Waals surface area contributed by atoms with Crippen LogP contribution in [0.25, 0.3) is 6.08 Å². The zero-order valence-electron chi connectivity index (χ0n) is 21.7. The van der Waals surface area contributed by atoms with Gasteiger partial charge in [0.2, 0.25) is 0 Å². The molecule has 2 fully saturated rings. The highest BCUT2D eigenvalue weighted by molar-refractivity contribution is 6.31. The first kappa shape index (κ1) is 25.5. The molecule has 36 heavy (non-hydrogen) atoms. The summed E-state index contributed by atoms with van der Waals surface area (Å²) in [5.41, 5.74) is 4.05. The maximum atomic E-state index is 13.1. The van der Waals surface area contributed by atoms with E-state index in [1.165, 1.54) is 45.2 Å². The quantitative estimate of drug-likeness (QED) is 0.390. The number of hydrogen-bond donors (Lipinski definition) is 3. The second-order valence-electron chi connectivity index (χ2n) is 10.9. The molecular formula is C27H40ClN7O. The number of aromatic amines is 1. The minimum absolute atomic E-state index is 0.0438. The van der Waals surface area contributed by atoms with Crippen molar-refractivity contribution in [1.82, 2.24) is 30.0 Å². The van der Waals surface area contributed by atoms with Crippen molar-refractivity contribution >= 4 is 23.5 Å². The molecule has 3 N–H and O–H groups in total.